The highest BCUT2D eigenvalue weighted by molar-refractivity contribution is 5.90. The van der Waals surface area contributed by atoms with Crippen molar-refractivity contribution in [3.05, 3.63) is 24.0 Å². The molecule has 0 aromatic carbocycles. The fraction of sp³-hybridized carbons (Fsp3) is 0.182. The molecule has 2 heterocycles. The van der Waals surface area contributed by atoms with Crippen LogP contribution in [0.15, 0.2) is 18.3 Å². The van der Waals surface area contributed by atoms with Crippen molar-refractivity contribution in [1.29, 1.82) is 0 Å². The molecular weight excluding hydrogens is 206 g/mol. The first-order chi connectivity index (χ1) is 7.81. The Morgan fingerprint density at radius 2 is 2.50 bits per heavy atom. The summed E-state index contributed by atoms with van der Waals surface area (Å²) in [7, 11) is 0. The number of rotatable bonds is 1. The van der Waals surface area contributed by atoms with Crippen molar-refractivity contribution in [2.75, 3.05) is 6.61 Å². The van der Waals surface area contributed by atoms with Crippen molar-refractivity contribution >= 4 is 17.0 Å². The molecule has 0 radical (unpaired) electrons. The average molecular weight is 215 g/mol. The number of aromatic amines is 1. The third kappa shape index (κ3) is 2.01. The molecule has 5 nitrogen and oxygen atoms in total. The summed E-state index contributed by atoms with van der Waals surface area (Å²) in [6.07, 6.45) is 1.64. The second-order valence-electron chi connectivity index (χ2n) is 2.94. The van der Waals surface area contributed by atoms with E-state index in [0.717, 1.165) is 5.39 Å². The summed E-state index contributed by atoms with van der Waals surface area (Å²) in [5, 5.41) is 7.46. The van der Waals surface area contributed by atoms with Gasteiger partial charge in [-0.15, -0.1) is 0 Å². The van der Waals surface area contributed by atoms with Gasteiger partial charge in [0.25, 0.3) is 0 Å². The number of carbonyl (C=O) groups excluding carboxylic acids is 1. The van der Waals surface area contributed by atoms with Crippen LogP contribution in [0.1, 0.15) is 12.6 Å². The summed E-state index contributed by atoms with van der Waals surface area (Å²) in [5.74, 6) is 4.49. The van der Waals surface area contributed by atoms with E-state index < -0.39 is 5.97 Å². The normalized spacial score (nSPS) is 9.56. The second-order valence-corrected chi connectivity index (χ2v) is 2.94. The van der Waals surface area contributed by atoms with Crippen LogP contribution in [0.3, 0.4) is 0 Å². The number of esters is 1. The molecule has 5 heteroatoms. The van der Waals surface area contributed by atoms with E-state index in [9.17, 15) is 4.79 Å². The number of hydrogen-bond acceptors (Lipinski definition) is 4. The van der Waals surface area contributed by atoms with Crippen LogP contribution >= 0.6 is 0 Å². The Balaban J connectivity index is 2.31. The minimum Gasteiger partial charge on any atom is -0.456 e. The first kappa shape index (κ1) is 10.2. The smallest absolute Gasteiger partial charge is 0.384 e. The Morgan fingerprint density at radius 1 is 1.62 bits per heavy atom. The number of fused-ring (bicyclic) bond motifs is 1. The molecule has 2 aromatic heterocycles. The molecule has 0 aliphatic carbocycles. The summed E-state index contributed by atoms with van der Waals surface area (Å²) in [6.45, 7) is 2.05. The average Bonchev–Trinajstić information content (AvgIpc) is 2.70. The van der Waals surface area contributed by atoms with Crippen molar-refractivity contribution in [3.8, 4) is 11.8 Å². The predicted octanol–water partition coefficient (Wildman–Crippen LogP) is 0.873. The molecule has 0 saturated heterocycles. The van der Waals surface area contributed by atoms with Gasteiger partial charge in [0, 0.05) is 12.1 Å². The van der Waals surface area contributed by atoms with Gasteiger partial charge in [-0.25, -0.2) is 9.78 Å². The molecule has 0 bridgehead atoms. The van der Waals surface area contributed by atoms with E-state index in [1.807, 2.05) is 6.07 Å². The third-order valence-corrected chi connectivity index (χ3v) is 1.89. The standard InChI is InChI=1S/C11H9N3O2/c1-2-16-10(15)6-5-9-8-4-3-7-12-11(8)14-13-9/h3-4,7H,2H2,1H3,(H,12,13,14). The van der Waals surface area contributed by atoms with Gasteiger partial charge in [0.15, 0.2) is 5.65 Å². The highest BCUT2D eigenvalue weighted by atomic mass is 16.5. The first-order valence-corrected chi connectivity index (χ1v) is 4.79. The number of nitrogens with one attached hydrogen (secondary N) is 1. The molecule has 16 heavy (non-hydrogen) atoms. The van der Waals surface area contributed by atoms with E-state index in [1.165, 1.54) is 0 Å². The van der Waals surface area contributed by atoms with Gasteiger partial charge in [0.1, 0.15) is 5.69 Å². The molecule has 0 amide bonds. The lowest BCUT2D eigenvalue weighted by Crippen LogP contribution is -1.99. The number of carbonyl (C=O) groups is 1. The van der Waals surface area contributed by atoms with Gasteiger partial charge in [-0.2, -0.15) is 5.10 Å². The van der Waals surface area contributed by atoms with Crippen molar-refractivity contribution in [1.82, 2.24) is 15.2 Å². The number of hydrogen-bond donors (Lipinski definition) is 1. The number of pyridine rings is 1. The molecular formula is C11H9N3O2. The molecule has 0 atom stereocenters. The quantitative estimate of drug-likeness (QED) is 0.566. The monoisotopic (exact) mass is 215 g/mol. The Kier molecular flexibility index (Phi) is 2.83. The van der Waals surface area contributed by atoms with Gasteiger partial charge < -0.3 is 4.74 Å². The topological polar surface area (TPSA) is 67.9 Å². The molecule has 0 saturated carbocycles. The van der Waals surface area contributed by atoms with E-state index in [-0.39, 0.29) is 0 Å². The summed E-state index contributed by atoms with van der Waals surface area (Å²) in [4.78, 5) is 15.1. The van der Waals surface area contributed by atoms with Crippen molar-refractivity contribution in [2.45, 2.75) is 6.92 Å². The van der Waals surface area contributed by atoms with Gasteiger partial charge in [0.2, 0.25) is 0 Å². The largest absolute Gasteiger partial charge is 0.456 e. The fourth-order valence-corrected chi connectivity index (χ4v) is 1.23. The van der Waals surface area contributed by atoms with E-state index in [4.69, 9.17) is 0 Å². The van der Waals surface area contributed by atoms with E-state index in [0.29, 0.717) is 17.9 Å². The van der Waals surface area contributed by atoms with Crippen molar-refractivity contribution < 1.29 is 9.53 Å². The minimum absolute atomic E-state index is 0.318. The summed E-state index contributed by atoms with van der Waals surface area (Å²) >= 11 is 0. The van der Waals surface area contributed by atoms with Gasteiger partial charge in [-0.1, -0.05) is 0 Å². The molecule has 2 aromatic rings. The maximum atomic E-state index is 11.0. The SMILES string of the molecule is CCOC(=O)C#Cc1[nH]nc2ncccc12. The zero-order valence-electron chi connectivity index (χ0n) is 8.65. The molecule has 0 aliphatic rings. The fourth-order valence-electron chi connectivity index (χ4n) is 1.23. The van der Waals surface area contributed by atoms with Gasteiger partial charge in [0.05, 0.1) is 12.0 Å². The molecule has 0 spiro atoms. The van der Waals surface area contributed by atoms with Crippen molar-refractivity contribution in [2.24, 2.45) is 0 Å². The Morgan fingerprint density at radius 3 is 3.31 bits per heavy atom. The van der Waals surface area contributed by atoms with Crippen LogP contribution in [0.5, 0.6) is 0 Å². The summed E-state index contributed by atoms with van der Waals surface area (Å²) in [6, 6.07) is 3.62. The van der Waals surface area contributed by atoms with Crippen LogP contribution in [0, 0.1) is 11.8 Å². The second kappa shape index (κ2) is 4.45. The van der Waals surface area contributed by atoms with Crippen LogP contribution in [0.25, 0.3) is 11.0 Å². The zero-order valence-corrected chi connectivity index (χ0v) is 8.65. The lowest BCUT2D eigenvalue weighted by Gasteiger charge is -1.90. The molecule has 0 unspecified atom stereocenters. The van der Waals surface area contributed by atoms with Crippen molar-refractivity contribution in [3.63, 3.8) is 0 Å². The Hall–Kier alpha value is -2.35. The number of aromatic nitrogens is 3. The van der Waals surface area contributed by atoms with Gasteiger partial charge in [-0.05, 0) is 25.0 Å². The summed E-state index contributed by atoms with van der Waals surface area (Å²) in [5.41, 5.74) is 1.15. The number of nitrogens with zero attached hydrogens (tertiary/aromatic N) is 2. The third-order valence-electron chi connectivity index (χ3n) is 1.89. The molecule has 2 rings (SSSR count). The lowest BCUT2D eigenvalue weighted by atomic mass is 10.2. The van der Waals surface area contributed by atoms with E-state index in [2.05, 4.69) is 31.8 Å². The lowest BCUT2D eigenvalue weighted by molar-refractivity contribution is -0.136. The van der Waals surface area contributed by atoms with Crippen LogP contribution in [-0.2, 0) is 9.53 Å². The van der Waals surface area contributed by atoms with Crippen LogP contribution in [-0.4, -0.2) is 27.8 Å². The zero-order chi connectivity index (χ0) is 11.4. The minimum atomic E-state index is -0.547. The maximum Gasteiger partial charge on any atom is 0.384 e. The number of ether oxygens (including phenoxy) is 1. The van der Waals surface area contributed by atoms with Crippen LogP contribution in [0.2, 0.25) is 0 Å². The van der Waals surface area contributed by atoms with Gasteiger partial charge in [-0.3, -0.25) is 5.10 Å². The van der Waals surface area contributed by atoms with Crippen LogP contribution in [0.4, 0.5) is 0 Å². The summed E-state index contributed by atoms with van der Waals surface area (Å²) < 4.78 is 4.69. The molecule has 0 fully saturated rings. The molecule has 1 N–H and O–H groups in total. The molecule has 80 valence electrons. The highest BCUT2D eigenvalue weighted by Crippen LogP contribution is 2.10. The van der Waals surface area contributed by atoms with Gasteiger partial charge >= 0.3 is 5.97 Å². The predicted molar refractivity (Wildman–Crippen MR) is 57.4 cm³/mol. The highest BCUT2D eigenvalue weighted by Gasteiger charge is 2.02. The first-order valence-electron chi connectivity index (χ1n) is 4.79. The van der Waals surface area contributed by atoms with E-state index >= 15 is 0 Å². The number of H-pyrrole nitrogens is 1. The Bertz CT molecular complexity index is 577. The molecule has 0 aliphatic heterocycles. The Labute approximate surface area is 91.8 Å². The van der Waals surface area contributed by atoms with E-state index in [1.54, 1.807) is 19.2 Å². The maximum absolute atomic E-state index is 11.0. The van der Waals surface area contributed by atoms with Crippen LogP contribution < -0.4 is 0 Å².